The maximum atomic E-state index is 13.5. The lowest BCUT2D eigenvalue weighted by Crippen LogP contribution is -2.14. The van der Waals surface area contributed by atoms with Gasteiger partial charge in [-0.05, 0) is 56.3 Å². The summed E-state index contributed by atoms with van der Waals surface area (Å²) in [5.41, 5.74) is 2.21. The maximum absolute atomic E-state index is 13.5. The Morgan fingerprint density at radius 2 is 1.12 bits per heavy atom. The Kier molecular flexibility index (Phi) is 4.73. The van der Waals surface area contributed by atoms with Crippen LogP contribution in [0.2, 0.25) is 0 Å². The van der Waals surface area contributed by atoms with Crippen molar-refractivity contribution in [2.24, 2.45) is 0 Å². The van der Waals surface area contributed by atoms with Gasteiger partial charge in [0.2, 0.25) is 0 Å². The average molecular weight is 337 g/mol. The molecule has 0 aliphatic carbocycles. The molecule has 0 heterocycles. The van der Waals surface area contributed by atoms with Crippen molar-refractivity contribution in [2.75, 3.05) is 0 Å². The molecule has 0 unspecified atom stereocenters. The molecule has 0 saturated carbocycles. The molecular formula is C20H18O3P. The van der Waals surface area contributed by atoms with E-state index in [2.05, 4.69) is 6.07 Å². The molecule has 0 atom stereocenters. The van der Waals surface area contributed by atoms with Gasteiger partial charge in [0.1, 0.15) is 11.5 Å². The van der Waals surface area contributed by atoms with Crippen LogP contribution in [-0.2, 0) is 4.57 Å². The van der Waals surface area contributed by atoms with Crippen molar-refractivity contribution in [1.29, 1.82) is 0 Å². The molecule has 0 aliphatic rings. The normalized spacial score (nSPS) is 11.1. The van der Waals surface area contributed by atoms with Crippen LogP contribution in [0.4, 0.5) is 0 Å². The quantitative estimate of drug-likeness (QED) is 0.609. The second kappa shape index (κ2) is 6.94. The average Bonchev–Trinajstić information content (AvgIpc) is 2.60. The molecule has 3 rings (SSSR count). The van der Waals surface area contributed by atoms with Gasteiger partial charge >= 0.3 is 7.60 Å². The standard InChI is InChI=1S/C20H18O3P/c1-16-8-12-18(13-9-16)22-24(21,20-6-4-3-5-7-20)23-19-14-10-17(2)11-15-19/h4-15H,1-2H3. The summed E-state index contributed by atoms with van der Waals surface area (Å²) >= 11 is 0. The molecule has 3 nitrogen and oxygen atoms in total. The number of rotatable bonds is 5. The predicted octanol–water partition coefficient (Wildman–Crippen LogP) is 5.08. The zero-order valence-electron chi connectivity index (χ0n) is 13.6. The summed E-state index contributed by atoms with van der Waals surface area (Å²) in [7, 11) is -3.57. The third kappa shape index (κ3) is 3.87. The first-order valence-corrected chi connectivity index (χ1v) is 9.19. The molecule has 4 heteroatoms. The minimum Gasteiger partial charge on any atom is -0.413 e. The van der Waals surface area contributed by atoms with E-state index in [0.29, 0.717) is 16.8 Å². The highest BCUT2D eigenvalue weighted by Gasteiger charge is 2.31. The van der Waals surface area contributed by atoms with Crippen LogP contribution in [0, 0.1) is 19.9 Å². The van der Waals surface area contributed by atoms with Crippen molar-refractivity contribution in [1.82, 2.24) is 0 Å². The lowest BCUT2D eigenvalue weighted by Gasteiger charge is -2.20. The van der Waals surface area contributed by atoms with Crippen molar-refractivity contribution in [3.63, 3.8) is 0 Å². The molecule has 0 N–H and O–H groups in total. The molecular weight excluding hydrogens is 319 g/mol. The van der Waals surface area contributed by atoms with Crippen LogP contribution in [-0.4, -0.2) is 0 Å². The van der Waals surface area contributed by atoms with Gasteiger partial charge in [-0.1, -0.05) is 47.5 Å². The van der Waals surface area contributed by atoms with Crippen LogP contribution >= 0.6 is 7.60 Å². The minimum absolute atomic E-state index is 0.488. The van der Waals surface area contributed by atoms with Gasteiger partial charge in [-0.25, -0.2) is 4.57 Å². The number of aryl methyl sites for hydroxylation is 2. The topological polar surface area (TPSA) is 35.5 Å². The summed E-state index contributed by atoms with van der Waals surface area (Å²) in [6, 6.07) is 24.5. The third-order valence-corrected chi connectivity index (χ3v) is 5.34. The van der Waals surface area contributed by atoms with Crippen LogP contribution in [0.25, 0.3) is 0 Å². The van der Waals surface area contributed by atoms with Gasteiger partial charge in [0.25, 0.3) is 0 Å². The molecule has 0 aromatic heterocycles. The van der Waals surface area contributed by atoms with E-state index < -0.39 is 7.60 Å². The van der Waals surface area contributed by atoms with E-state index in [1.54, 1.807) is 48.5 Å². The summed E-state index contributed by atoms with van der Waals surface area (Å²) in [5, 5.41) is 0.488. The van der Waals surface area contributed by atoms with Crippen molar-refractivity contribution in [3.05, 3.63) is 90.0 Å². The van der Waals surface area contributed by atoms with E-state index in [4.69, 9.17) is 9.05 Å². The zero-order chi connectivity index (χ0) is 17.0. The van der Waals surface area contributed by atoms with Crippen LogP contribution in [0.15, 0.2) is 72.8 Å². The Morgan fingerprint density at radius 3 is 1.54 bits per heavy atom. The Labute approximate surface area is 142 Å². The first-order valence-electron chi connectivity index (χ1n) is 7.64. The Balaban J connectivity index is 1.95. The lowest BCUT2D eigenvalue weighted by molar-refractivity contribution is 0.399. The third-order valence-electron chi connectivity index (χ3n) is 3.51. The Hall–Kier alpha value is -2.51. The highest BCUT2D eigenvalue weighted by Crippen LogP contribution is 2.47. The molecule has 0 bridgehead atoms. The smallest absolute Gasteiger partial charge is 0.413 e. The van der Waals surface area contributed by atoms with Crippen LogP contribution < -0.4 is 14.4 Å². The first kappa shape index (κ1) is 16.4. The zero-order valence-corrected chi connectivity index (χ0v) is 14.5. The molecule has 0 saturated heterocycles. The summed E-state index contributed by atoms with van der Waals surface area (Å²) in [6.07, 6.45) is 0. The molecule has 0 fully saturated rings. The Bertz CT molecular complexity index is 789. The molecule has 24 heavy (non-hydrogen) atoms. The van der Waals surface area contributed by atoms with Gasteiger partial charge in [-0.3, -0.25) is 0 Å². The van der Waals surface area contributed by atoms with Crippen molar-refractivity contribution < 1.29 is 13.6 Å². The van der Waals surface area contributed by atoms with Crippen LogP contribution in [0.3, 0.4) is 0 Å². The van der Waals surface area contributed by atoms with E-state index in [-0.39, 0.29) is 0 Å². The van der Waals surface area contributed by atoms with Gasteiger partial charge in [-0.2, -0.15) is 0 Å². The van der Waals surface area contributed by atoms with Gasteiger partial charge in [0, 0.05) is 0 Å². The largest absolute Gasteiger partial charge is 0.462 e. The van der Waals surface area contributed by atoms with E-state index in [0.717, 1.165) is 11.1 Å². The van der Waals surface area contributed by atoms with Gasteiger partial charge < -0.3 is 9.05 Å². The fraction of sp³-hybridized carbons (Fsp3) is 0.100. The van der Waals surface area contributed by atoms with Crippen molar-refractivity contribution in [3.8, 4) is 11.5 Å². The van der Waals surface area contributed by atoms with E-state index in [1.807, 2.05) is 38.1 Å². The summed E-state index contributed by atoms with van der Waals surface area (Å²) in [6.45, 7) is 3.97. The highest BCUT2D eigenvalue weighted by atomic mass is 31.2. The van der Waals surface area contributed by atoms with Gasteiger partial charge in [0.05, 0.1) is 5.30 Å². The van der Waals surface area contributed by atoms with Crippen LogP contribution in [0.5, 0.6) is 11.5 Å². The second-order valence-electron chi connectivity index (χ2n) is 5.56. The van der Waals surface area contributed by atoms with E-state index in [9.17, 15) is 4.57 Å². The van der Waals surface area contributed by atoms with Gasteiger partial charge in [-0.15, -0.1) is 0 Å². The highest BCUT2D eigenvalue weighted by molar-refractivity contribution is 7.63. The molecule has 0 aliphatic heterocycles. The van der Waals surface area contributed by atoms with E-state index >= 15 is 0 Å². The number of hydrogen-bond donors (Lipinski definition) is 0. The summed E-state index contributed by atoms with van der Waals surface area (Å²) in [5.74, 6) is 1.01. The second-order valence-corrected chi connectivity index (χ2v) is 7.44. The van der Waals surface area contributed by atoms with Crippen molar-refractivity contribution in [2.45, 2.75) is 13.8 Å². The molecule has 3 aromatic rings. The molecule has 0 spiro atoms. The Morgan fingerprint density at radius 1 is 0.708 bits per heavy atom. The minimum atomic E-state index is -3.57. The summed E-state index contributed by atoms with van der Waals surface area (Å²) in [4.78, 5) is 0. The molecule has 3 aromatic carbocycles. The molecule has 121 valence electrons. The fourth-order valence-electron chi connectivity index (χ4n) is 2.16. The predicted molar refractivity (Wildman–Crippen MR) is 96.1 cm³/mol. The van der Waals surface area contributed by atoms with Crippen LogP contribution in [0.1, 0.15) is 11.1 Å². The monoisotopic (exact) mass is 337 g/mol. The summed E-state index contributed by atoms with van der Waals surface area (Å²) < 4.78 is 25.1. The first-order chi connectivity index (χ1) is 11.5. The number of hydrogen-bond acceptors (Lipinski definition) is 3. The fourth-order valence-corrected chi connectivity index (χ4v) is 3.72. The van der Waals surface area contributed by atoms with Crippen molar-refractivity contribution >= 4 is 12.9 Å². The lowest BCUT2D eigenvalue weighted by atomic mass is 10.2. The number of benzene rings is 3. The maximum Gasteiger partial charge on any atom is 0.462 e. The SMILES string of the molecule is Cc1ccc(OP(=O)(Oc2ccc(C)cc2)c2cc[c]cc2)cc1. The van der Waals surface area contributed by atoms with Gasteiger partial charge in [0.15, 0.2) is 0 Å². The van der Waals surface area contributed by atoms with E-state index in [1.165, 1.54) is 0 Å². The molecule has 0 amide bonds. The molecule has 1 radical (unpaired) electrons.